The zero-order chi connectivity index (χ0) is 16.5. The predicted octanol–water partition coefficient (Wildman–Crippen LogP) is 2.94. The minimum Gasteiger partial charge on any atom is -0.315 e. The third kappa shape index (κ3) is 2.74. The maximum atomic E-state index is 12.4. The summed E-state index contributed by atoms with van der Waals surface area (Å²) in [5.74, 6) is 0. The van der Waals surface area contributed by atoms with E-state index in [1.54, 1.807) is 0 Å². The third-order valence-corrected chi connectivity index (χ3v) is 4.16. The van der Waals surface area contributed by atoms with E-state index < -0.39 is 0 Å². The molecule has 0 saturated carbocycles. The third-order valence-electron chi connectivity index (χ3n) is 4.16. The number of benzene rings is 2. The Kier molecular flexibility index (Phi) is 3.50. The lowest BCUT2D eigenvalue weighted by molar-refractivity contribution is -0.686. The molecule has 0 bridgehead atoms. The van der Waals surface area contributed by atoms with Gasteiger partial charge >= 0.3 is 0 Å². The first kappa shape index (κ1) is 14.5. The van der Waals surface area contributed by atoms with Gasteiger partial charge in [-0.3, -0.25) is 4.79 Å². The number of fused-ring (bicyclic) bond motifs is 1. The second-order valence-electron chi connectivity index (χ2n) is 6.06. The van der Waals surface area contributed by atoms with Crippen molar-refractivity contribution in [1.82, 2.24) is 9.38 Å². The van der Waals surface area contributed by atoms with Crippen LogP contribution in [-0.2, 0) is 6.54 Å². The van der Waals surface area contributed by atoms with Gasteiger partial charge in [-0.25, -0.2) is 4.57 Å². The van der Waals surface area contributed by atoms with Crippen LogP contribution in [0.25, 0.3) is 16.8 Å². The van der Waals surface area contributed by atoms with Gasteiger partial charge in [-0.05, 0) is 12.5 Å². The Labute approximate surface area is 139 Å². The highest BCUT2D eigenvalue weighted by molar-refractivity contribution is 5.60. The number of aryl methyl sites for hydroxylation is 1. The summed E-state index contributed by atoms with van der Waals surface area (Å²) in [4.78, 5) is 15.4. The molecule has 0 unspecified atom stereocenters. The van der Waals surface area contributed by atoms with Gasteiger partial charge in [-0.2, -0.15) is 4.40 Å². The van der Waals surface area contributed by atoms with Crippen LogP contribution in [0, 0.1) is 6.92 Å². The van der Waals surface area contributed by atoms with Crippen molar-refractivity contribution in [2.45, 2.75) is 13.5 Å². The van der Waals surface area contributed by atoms with E-state index >= 15 is 0 Å². The van der Waals surface area contributed by atoms with Gasteiger partial charge in [0.2, 0.25) is 11.8 Å². The molecule has 2 aromatic carbocycles. The molecule has 0 aliphatic carbocycles. The lowest BCUT2D eigenvalue weighted by Crippen LogP contribution is -2.31. The molecule has 118 valence electrons. The van der Waals surface area contributed by atoms with Crippen LogP contribution in [0.2, 0.25) is 0 Å². The van der Waals surface area contributed by atoms with Gasteiger partial charge in [-0.15, -0.1) is 0 Å². The molecule has 4 heteroatoms. The van der Waals surface area contributed by atoms with E-state index in [9.17, 15) is 4.79 Å². The van der Waals surface area contributed by atoms with Gasteiger partial charge in [0.05, 0.1) is 5.69 Å². The highest BCUT2D eigenvalue weighted by Crippen LogP contribution is 2.16. The van der Waals surface area contributed by atoms with Gasteiger partial charge in [0.25, 0.3) is 5.56 Å². The summed E-state index contributed by atoms with van der Waals surface area (Å²) in [6.07, 6.45) is 5.79. The number of imidazole rings is 1. The van der Waals surface area contributed by atoms with Crippen LogP contribution in [0.5, 0.6) is 0 Å². The van der Waals surface area contributed by atoms with E-state index in [4.69, 9.17) is 0 Å². The molecule has 4 aromatic rings. The van der Waals surface area contributed by atoms with Gasteiger partial charge in [0, 0.05) is 5.56 Å². The molecular weight excluding hydrogens is 298 g/mol. The van der Waals surface area contributed by atoms with E-state index in [1.807, 2.05) is 77.1 Å². The fourth-order valence-electron chi connectivity index (χ4n) is 2.88. The van der Waals surface area contributed by atoms with E-state index in [0.29, 0.717) is 5.52 Å². The van der Waals surface area contributed by atoms with Gasteiger partial charge in [0.15, 0.2) is 0 Å². The first-order valence-corrected chi connectivity index (χ1v) is 7.94. The number of hydrogen-bond donors (Lipinski definition) is 1. The van der Waals surface area contributed by atoms with Gasteiger partial charge < -0.3 is 4.98 Å². The number of aromatic amines is 1. The van der Waals surface area contributed by atoms with Crippen molar-refractivity contribution in [1.29, 1.82) is 0 Å². The van der Waals surface area contributed by atoms with Crippen LogP contribution in [0.4, 0.5) is 0 Å². The molecule has 2 heterocycles. The Morgan fingerprint density at radius 1 is 1.04 bits per heavy atom. The van der Waals surface area contributed by atoms with Crippen LogP contribution in [-0.4, -0.2) is 9.38 Å². The molecule has 0 aliphatic rings. The topological polar surface area (TPSA) is 41.1 Å². The second-order valence-corrected chi connectivity index (χ2v) is 6.06. The molecule has 2 aromatic heterocycles. The molecule has 0 saturated heterocycles. The monoisotopic (exact) mass is 316 g/mol. The average Bonchev–Trinajstić information content (AvgIpc) is 2.99. The summed E-state index contributed by atoms with van der Waals surface area (Å²) in [5.41, 5.74) is 4.77. The van der Waals surface area contributed by atoms with E-state index in [2.05, 4.69) is 17.1 Å². The number of hydrogen-bond acceptors (Lipinski definition) is 1. The SMILES string of the molecule is Cc1ccc(-c2cn3c[n+](Cc4ccccc4)cc3c(=O)[nH]2)cc1. The quantitative estimate of drug-likeness (QED) is 0.580. The second kappa shape index (κ2) is 5.81. The Morgan fingerprint density at radius 2 is 1.79 bits per heavy atom. The van der Waals surface area contributed by atoms with Crippen LogP contribution < -0.4 is 10.1 Å². The molecule has 1 N–H and O–H groups in total. The molecule has 0 fully saturated rings. The van der Waals surface area contributed by atoms with Crippen molar-refractivity contribution in [3.05, 3.63) is 94.8 Å². The van der Waals surface area contributed by atoms with Gasteiger partial charge in [-0.1, -0.05) is 60.2 Å². The number of nitrogens with zero attached hydrogens (tertiary/aromatic N) is 2. The molecule has 0 amide bonds. The summed E-state index contributed by atoms with van der Waals surface area (Å²) >= 11 is 0. The largest absolute Gasteiger partial charge is 0.315 e. The van der Waals surface area contributed by atoms with Crippen LogP contribution in [0.1, 0.15) is 11.1 Å². The first-order chi connectivity index (χ1) is 11.7. The summed E-state index contributed by atoms with van der Waals surface area (Å²) < 4.78 is 3.91. The normalized spacial score (nSPS) is 11.0. The lowest BCUT2D eigenvalue weighted by atomic mass is 10.1. The number of rotatable bonds is 3. The smallest absolute Gasteiger partial charge is 0.299 e. The molecule has 0 spiro atoms. The summed E-state index contributed by atoms with van der Waals surface area (Å²) in [7, 11) is 0. The van der Waals surface area contributed by atoms with Crippen LogP contribution in [0.3, 0.4) is 0 Å². The molecule has 0 atom stereocenters. The Morgan fingerprint density at radius 3 is 2.54 bits per heavy atom. The average molecular weight is 316 g/mol. The summed E-state index contributed by atoms with van der Waals surface area (Å²) in [5, 5.41) is 0. The summed E-state index contributed by atoms with van der Waals surface area (Å²) in [6.45, 7) is 2.79. The van der Waals surface area contributed by atoms with Crippen molar-refractivity contribution < 1.29 is 4.57 Å². The minimum atomic E-state index is -0.0834. The van der Waals surface area contributed by atoms with Crippen LogP contribution >= 0.6 is 0 Å². The predicted molar refractivity (Wildman–Crippen MR) is 93.9 cm³/mol. The molecule has 0 aliphatic heterocycles. The van der Waals surface area contributed by atoms with Crippen molar-refractivity contribution in [2.24, 2.45) is 0 Å². The lowest BCUT2D eigenvalue weighted by Gasteiger charge is -2.00. The van der Waals surface area contributed by atoms with E-state index in [-0.39, 0.29) is 5.56 Å². The maximum Gasteiger partial charge on any atom is 0.299 e. The first-order valence-electron chi connectivity index (χ1n) is 7.94. The van der Waals surface area contributed by atoms with Crippen molar-refractivity contribution in [3.63, 3.8) is 0 Å². The number of aromatic nitrogens is 3. The fourth-order valence-corrected chi connectivity index (χ4v) is 2.88. The standard InChI is InChI=1S/C20H17N3O/c1-15-7-9-17(10-8-15)18-12-23-14-22(13-19(23)20(24)21-18)11-16-5-3-2-4-6-16/h2-10,12-14H,11H2,1H3/p+1. The van der Waals surface area contributed by atoms with E-state index in [0.717, 1.165) is 17.8 Å². The Bertz CT molecular complexity index is 1040. The summed E-state index contributed by atoms with van der Waals surface area (Å²) in [6, 6.07) is 18.3. The molecule has 4 rings (SSSR count). The molecule has 4 nitrogen and oxygen atoms in total. The molecule has 0 radical (unpaired) electrons. The maximum absolute atomic E-state index is 12.4. The highest BCUT2D eigenvalue weighted by Gasteiger charge is 2.13. The van der Waals surface area contributed by atoms with Crippen molar-refractivity contribution in [3.8, 4) is 11.3 Å². The molecule has 24 heavy (non-hydrogen) atoms. The van der Waals surface area contributed by atoms with E-state index in [1.165, 1.54) is 11.1 Å². The zero-order valence-corrected chi connectivity index (χ0v) is 13.4. The van der Waals surface area contributed by atoms with Crippen molar-refractivity contribution >= 4 is 5.52 Å². The minimum absolute atomic E-state index is 0.0834. The molecular formula is C20H18N3O+. The van der Waals surface area contributed by atoms with Gasteiger partial charge in [0.1, 0.15) is 18.9 Å². The fraction of sp³-hybridized carbons (Fsp3) is 0.100. The highest BCUT2D eigenvalue weighted by atomic mass is 16.1. The number of H-pyrrole nitrogens is 1. The van der Waals surface area contributed by atoms with Crippen molar-refractivity contribution in [2.75, 3.05) is 0 Å². The Balaban J connectivity index is 1.75. The van der Waals surface area contributed by atoms with Crippen LogP contribution in [0.15, 0.2) is 78.1 Å². The Hall–Kier alpha value is -3.14. The zero-order valence-electron chi connectivity index (χ0n) is 13.4. The number of nitrogens with one attached hydrogen (secondary N) is 1.